The third kappa shape index (κ3) is 4.78. The van der Waals surface area contributed by atoms with Crippen LogP contribution in [0.25, 0.3) is 11.0 Å². The molecule has 0 aliphatic carbocycles. The fourth-order valence-electron chi connectivity index (χ4n) is 3.66. The standard InChI is InChI=1S/C23H27N3O6S/c1-14-18(24-5-4-19(14)30-10-15-11-31-23(2,3)32-12-15)13-33(27)22-25-16-8-20-21(9-17(16)26-22)29-7-6-28-20/h4-5,8-9,13,15,33H,6-7,10-12H2,1-3H3,(H,25,26). The highest BCUT2D eigenvalue weighted by atomic mass is 32.2. The van der Waals surface area contributed by atoms with E-state index in [-0.39, 0.29) is 5.92 Å². The van der Waals surface area contributed by atoms with Crippen molar-refractivity contribution in [3.05, 3.63) is 35.7 Å². The van der Waals surface area contributed by atoms with Crippen LogP contribution in [-0.4, -0.2) is 63.3 Å². The summed E-state index contributed by atoms with van der Waals surface area (Å²) in [6, 6.07) is 5.42. The second-order valence-electron chi connectivity index (χ2n) is 8.55. The number of ether oxygens (including phenoxy) is 5. The number of imidazole rings is 1. The number of nitrogens with zero attached hydrogens (tertiary/aromatic N) is 2. The summed E-state index contributed by atoms with van der Waals surface area (Å²) in [5.74, 6) is 1.58. The summed E-state index contributed by atoms with van der Waals surface area (Å²) in [4.78, 5) is 12.0. The van der Waals surface area contributed by atoms with E-state index in [1.165, 1.54) is 0 Å². The van der Waals surface area contributed by atoms with Gasteiger partial charge in [0.1, 0.15) is 19.0 Å². The van der Waals surface area contributed by atoms with Crippen molar-refractivity contribution in [2.75, 3.05) is 33.0 Å². The summed E-state index contributed by atoms with van der Waals surface area (Å²) in [7, 11) is -1.95. The van der Waals surface area contributed by atoms with Crippen LogP contribution >= 0.6 is 0 Å². The Morgan fingerprint density at radius 3 is 2.70 bits per heavy atom. The molecule has 1 saturated heterocycles. The first-order chi connectivity index (χ1) is 15.9. The Balaban J connectivity index is 1.33. The number of nitrogens with one attached hydrogen (secondary N) is 1. The Bertz CT molecular complexity index is 1210. The highest BCUT2D eigenvalue weighted by Crippen LogP contribution is 2.33. The molecular formula is C23H27N3O6S. The van der Waals surface area contributed by atoms with Gasteiger partial charge in [0, 0.05) is 45.6 Å². The van der Waals surface area contributed by atoms with Gasteiger partial charge in [0.2, 0.25) is 0 Å². The van der Waals surface area contributed by atoms with Crippen molar-refractivity contribution in [2.45, 2.75) is 31.7 Å². The van der Waals surface area contributed by atoms with E-state index in [0.717, 1.165) is 11.1 Å². The number of thiol groups is 1. The first-order valence-corrected chi connectivity index (χ1v) is 12.2. The molecule has 3 aromatic rings. The number of hydrogen-bond donors (Lipinski definition) is 2. The first kappa shape index (κ1) is 22.0. The highest BCUT2D eigenvalue weighted by Gasteiger charge is 2.28. The van der Waals surface area contributed by atoms with E-state index < -0.39 is 16.2 Å². The molecular weight excluding hydrogens is 446 g/mol. The second kappa shape index (κ2) is 8.85. The normalized spacial score (nSPS) is 19.0. The minimum atomic E-state index is -1.95. The molecule has 2 aliphatic rings. The van der Waals surface area contributed by atoms with Gasteiger partial charge >= 0.3 is 0 Å². The second-order valence-corrected chi connectivity index (χ2v) is 9.88. The predicted octanol–water partition coefficient (Wildman–Crippen LogP) is 2.51. The zero-order valence-corrected chi connectivity index (χ0v) is 19.7. The first-order valence-electron chi connectivity index (χ1n) is 10.8. The maximum atomic E-state index is 13.1. The van der Waals surface area contributed by atoms with Crippen LogP contribution in [0, 0.1) is 12.8 Å². The fraction of sp³-hybridized carbons (Fsp3) is 0.435. The van der Waals surface area contributed by atoms with Gasteiger partial charge in [-0.25, -0.2) is 4.98 Å². The van der Waals surface area contributed by atoms with E-state index >= 15 is 0 Å². The van der Waals surface area contributed by atoms with Crippen LogP contribution in [0.15, 0.2) is 29.6 Å². The molecule has 2 aromatic heterocycles. The molecule has 33 heavy (non-hydrogen) atoms. The maximum Gasteiger partial charge on any atom is 0.186 e. The average Bonchev–Trinajstić information content (AvgIpc) is 3.22. The lowest BCUT2D eigenvalue weighted by Crippen LogP contribution is -2.41. The van der Waals surface area contributed by atoms with Crippen LogP contribution in [0.2, 0.25) is 0 Å². The third-order valence-electron chi connectivity index (χ3n) is 5.58. The quantitative estimate of drug-likeness (QED) is 0.430. The van der Waals surface area contributed by atoms with Gasteiger partial charge in [-0.15, -0.1) is 0 Å². The van der Waals surface area contributed by atoms with Gasteiger partial charge < -0.3 is 28.7 Å². The van der Waals surface area contributed by atoms with Crippen LogP contribution in [0.3, 0.4) is 0 Å². The van der Waals surface area contributed by atoms with Crippen molar-refractivity contribution in [3.8, 4) is 17.2 Å². The monoisotopic (exact) mass is 473 g/mol. The lowest BCUT2D eigenvalue weighted by Gasteiger charge is -2.34. The smallest absolute Gasteiger partial charge is 0.186 e. The Labute approximate surface area is 193 Å². The molecule has 4 heterocycles. The van der Waals surface area contributed by atoms with Crippen LogP contribution < -0.4 is 14.2 Å². The molecule has 1 fully saturated rings. The van der Waals surface area contributed by atoms with Gasteiger partial charge in [0.25, 0.3) is 0 Å². The van der Waals surface area contributed by atoms with Gasteiger partial charge in [-0.3, -0.25) is 9.19 Å². The van der Waals surface area contributed by atoms with Crippen LogP contribution in [0.1, 0.15) is 25.1 Å². The minimum absolute atomic E-state index is 0.143. The summed E-state index contributed by atoms with van der Waals surface area (Å²) in [5.41, 5.74) is 2.82. The van der Waals surface area contributed by atoms with Crippen LogP contribution in [-0.2, 0) is 19.9 Å². The molecule has 0 saturated carbocycles. The van der Waals surface area contributed by atoms with E-state index in [2.05, 4.69) is 15.0 Å². The van der Waals surface area contributed by atoms with Crippen LogP contribution in [0.5, 0.6) is 17.2 Å². The summed E-state index contributed by atoms with van der Waals surface area (Å²) in [5, 5.41) is 1.98. The minimum Gasteiger partial charge on any atom is -0.493 e. The van der Waals surface area contributed by atoms with E-state index in [1.54, 1.807) is 23.7 Å². The Morgan fingerprint density at radius 2 is 1.94 bits per heavy atom. The predicted molar refractivity (Wildman–Crippen MR) is 124 cm³/mol. The molecule has 176 valence electrons. The average molecular weight is 474 g/mol. The highest BCUT2D eigenvalue weighted by molar-refractivity contribution is 7.83. The molecule has 10 heteroatoms. The molecule has 0 radical (unpaired) electrons. The maximum absolute atomic E-state index is 13.1. The number of rotatable bonds is 5. The SMILES string of the molecule is Cc1c(OCC2COC(C)(C)OC2)ccnc1/C=[SH](=O)/c1nc2cc3c(cc2[nH]1)OCCO3. The summed E-state index contributed by atoms with van der Waals surface area (Å²) in [6.07, 6.45) is 1.65. The molecule has 0 bridgehead atoms. The molecule has 0 spiro atoms. The van der Waals surface area contributed by atoms with Crippen molar-refractivity contribution in [1.29, 1.82) is 0 Å². The Hall–Kier alpha value is -2.82. The molecule has 2 aliphatic heterocycles. The van der Waals surface area contributed by atoms with E-state index in [9.17, 15) is 4.21 Å². The summed E-state index contributed by atoms with van der Waals surface area (Å²) in [6.45, 7) is 8.32. The van der Waals surface area contributed by atoms with Crippen molar-refractivity contribution < 1.29 is 27.9 Å². The zero-order chi connectivity index (χ0) is 23.0. The number of fused-ring (bicyclic) bond motifs is 2. The van der Waals surface area contributed by atoms with E-state index in [1.807, 2.05) is 26.8 Å². The van der Waals surface area contributed by atoms with Crippen LogP contribution in [0.4, 0.5) is 0 Å². The van der Waals surface area contributed by atoms with Crippen molar-refractivity contribution in [3.63, 3.8) is 0 Å². The lowest BCUT2D eigenvalue weighted by molar-refractivity contribution is -0.264. The third-order valence-corrected chi connectivity index (χ3v) is 6.69. The van der Waals surface area contributed by atoms with E-state index in [4.69, 9.17) is 23.7 Å². The molecule has 1 atom stereocenters. The number of H-pyrrole nitrogens is 1. The fourth-order valence-corrected chi connectivity index (χ4v) is 4.70. The van der Waals surface area contributed by atoms with Crippen molar-refractivity contribution in [1.82, 2.24) is 15.0 Å². The van der Waals surface area contributed by atoms with Crippen molar-refractivity contribution >= 4 is 26.8 Å². The molecule has 5 rings (SSSR count). The largest absolute Gasteiger partial charge is 0.493 e. The zero-order valence-electron chi connectivity index (χ0n) is 18.8. The summed E-state index contributed by atoms with van der Waals surface area (Å²) >= 11 is 0. The lowest BCUT2D eigenvalue weighted by atomic mass is 10.1. The molecule has 1 N–H and O–H groups in total. The molecule has 0 amide bonds. The molecule has 9 nitrogen and oxygen atoms in total. The number of aromatic nitrogens is 3. The number of benzene rings is 1. The van der Waals surface area contributed by atoms with Crippen molar-refractivity contribution in [2.24, 2.45) is 5.92 Å². The van der Waals surface area contributed by atoms with E-state index in [0.29, 0.717) is 66.7 Å². The van der Waals surface area contributed by atoms with Gasteiger partial charge in [-0.2, -0.15) is 0 Å². The molecule has 1 unspecified atom stereocenters. The number of aromatic amines is 1. The van der Waals surface area contributed by atoms with Gasteiger partial charge in [-0.1, -0.05) is 0 Å². The molecule has 1 aromatic carbocycles. The Kier molecular flexibility index (Phi) is 5.90. The Morgan fingerprint density at radius 1 is 1.21 bits per heavy atom. The number of hydrogen-bond acceptors (Lipinski definition) is 8. The van der Waals surface area contributed by atoms with Gasteiger partial charge in [0.05, 0.1) is 36.5 Å². The van der Waals surface area contributed by atoms with Gasteiger partial charge in [0.15, 0.2) is 22.4 Å². The van der Waals surface area contributed by atoms with Gasteiger partial charge in [-0.05, 0) is 26.8 Å². The topological polar surface area (TPSA) is 105 Å². The number of pyridine rings is 1. The summed E-state index contributed by atoms with van der Waals surface area (Å²) < 4.78 is 41.7.